The van der Waals surface area contributed by atoms with Crippen LogP contribution in [0.3, 0.4) is 0 Å². The summed E-state index contributed by atoms with van der Waals surface area (Å²) in [6.07, 6.45) is 0.774. The summed E-state index contributed by atoms with van der Waals surface area (Å²) in [5.74, 6) is -0.303. The molecule has 0 spiro atoms. The maximum Gasteiger partial charge on any atom is 0.252 e. The van der Waals surface area contributed by atoms with Gasteiger partial charge in [-0.1, -0.05) is 62.4 Å². The topological polar surface area (TPSA) is 82.0 Å². The SMILES string of the molecule is CCC(C)C(=O)Nc1cccc(CNC(=O)c2ccccc2-c2ccccc2C#N)c1. The number of hydrogen-bond acceptors (Lipinski definition) is 3. The van der Waals surface area contributed by atoms with Crippen LogP contribution in [0, 0.1) is 17.2 Å². The van der Waals surface area contributed by atoms with Crippen molar-refractivity contribution in [1.29, 1.82) is 5.26 Å². The first kappa shape index (κ1) is 21.8. The molecule has 5 heteroatoms. The Morgan fingerprint density at radius 1 is 0.968 bits per heavy atom. The first-order valence-corrected chi connectivity index (χ1v) is 10.3. The van der Waals surface area contributed by atoms with Crippen molar-refractivity contribution in [3.63, 3.8) is 0 Å². The van der Waals surface area contributed by atoms with E-state index in [1.54, 1.807) is 24.3 Å². The molecule has 2 amide bonds. The summed E-state index contributed by atoms with van der Waals surface area (Å²) in [4.78, 5) is 25.1. The summed E-state index contributed by atoms with van der Waals surface area (Å²) in [6, 6.07) is 24.1. The number of carbonyl (C=O) groups excluding carboxylic acids is 2. The second kappa shape index (κ2) is 10.2. The summed E-state index contributed by atoms with van der Waals surface area (Å²) in [5.41, 5.74) is 4.06. The molecular weight excluding hydrogens is 386 g/mol. The number of anilines is 1. The molecule has 0 aromatic heterocycles. The second-order valence-corrected chi connectivity index (χ2v) is 7.38. The van der Waals surface area contributed by atoms with Gasteiger partial charge in [0, 0.05) is 29.3 Å². The lowest BCUT2D eigenvalue weighted by atomic mass is 9.95. The van der Waals surface area contributed by atoms with Gasteiger partial charge in [0.25, 0.3) is 5.91 Å². The summed E-state index contributed by atoms with van der Waals surface area (Å²) < 4.78 is 0. The predicted octanol–water partition coefficient (Wildman–Crippen LogP) is 5.14. The molecule has 1 atom stereocenters. The van der Waals surface area contributed by atoms with Crippen LogP contribution in [0.1, 0.15) is 41.8 Å². The van der Waals surface area contributed by atoms with Gasteiger partial charge in [0.1, 0.15) is 0 Å². The van der Waals surface area contributed by atoms with E-state index < -0.39 is 0 Å². The molecule has 156 valence electrons. The maximum absolute atomic E-state index is 12.9. The van der Waals surface area contributed by atoms with E-state index in [0.29, 0.717) is 28.9 Å². The van der Waals surface area contributed by atoms with E-state index in [1.807, 2.05) is 62.4 Å². The third-order valence-corrected chi connectivity index (χ3v) is 5.22. The molecule has 31 heavy (non-hydrogen) atoms. The molecule has 3 aromatic rings. The Morgan fingerprint density at radius 3 is 2.42 bits per heavy atom. The zero-order chi connectivity index (χ0) is 22.2. The Balaban J connectivity index is 1.75. The largest absolute Gasteiger partial charge is 0.348 e. The van der Waals surface area contributed by atoms with Gasteiger partial charge < -0.3 is 10.6 Å². The summed E-state index contributed by atoms with van der Waals surface area (Å²) in [5, 5.41) is 15.3. The third-order valence-electron chi connectivity index (χ3n) is 5.22. The van der Waals surface area contributed by atoms with Gasteiger partial charge in [-0.3, -0.25) is 9.59 Å². The van der Waals surface area contributed by atoms with Crippen LogP contribution in [-0.4, -0.2) is 11.8 Å². The van der Waals surface area contributed by atoms with Crippen molar-refractivity contribution < 1.29 is 9.59 Å². The van der Waals surface area contributed by atoms with E-state index in [-0.39, 0.29) is 17.7 Å². The maximum atomic E-state index is 12.9. The molecule has 0 bridgehead atoms. The smallest absolute Gasteiger partial charge is 0.252 e. The molecule has 3 aromatic carbocycles. The van der Waals surface area contributed by atoms with Gasteiger partial charge in [0.15, 0.2) is 0 Å². The monoisotopic (exact) mass is 411 g/mol. The van der Waals surface area contributed by atoms with Crippen LogP contribution < -0.4 is 10.6 Å². The Kier molecular flexibility index (Phi) is 7.18. The van der Waals surface area contributed by atoms with Gasteiger partial charge in [-0.25, -0.2) is 0 Å². The number of benzene rings is 3. The fraction of sp³-hybridized carbons (Fsp3) is 0.192. The third kappa shape index (κ3) is 5.37. The molecule has 2 N–H and O–H groups in total. The Hall–Kier alpha value is -3.91. The number of hydrogen-bond donors (Lipinski definition) is 2. The van der Waals surface area contributed by atoms with Crippen molar-refractivity contribution >= 4 is 17.5 Å². The Labute approximate surface area is 182 Å². The highest BCUT2D eigenvalue weighted by Gasteiger charge is 2.15. The van der Waals surface area contributed by atoms with E-state index in [2.05, 4.69) is 16.7 Å². The van der Waals surface area contributed by atoms with E-state index in [0.717, 1.165) is 17.5 Å². The fourth-order valence-electron chi connectivity index (χ4n) is 3.22. The minimum Gasteiger partial charge on any atom is -0.348 e. The van der Waals surface area contributed by atoms with Gasteiger partial charge in [-0.2, -0.15) is 5.26 Å². The average molecular weight is 412 g/mol. The van der Waals surface area contributed by atoms with Crippen molar-refractivity contribution in [3.8, 4) is 17.2 Å². The molecule has 0 heterocycles. The summed E-state index contributed by atoms with van der Waals surface area (Å²) in [7, 11) is 0. The van der Waals surface area contributed by atoms with Crippen molar-refractivity contribution in [2.75, 3.05) is 5.32 Å². The van der Waals surface area contributed by atoms with Crippen LogP contribution in [0.4, 0.5) is 5.69 Å². The lowest BCUT2D eigenvalue weighted by Crippen LogP contribution is -2.24. The standard InChI is InChI=1S/C26H25N3O2/c1-3-18(2)25(30)29-21-11-8-9-19(15-21)17-28-26(31)24-14-7-6-13-23(24)22-12-5-4-10-20(22)16-27/h4-15,18H,3,17H2,1-2H3,(H,28,31)(H,29,30). The van der Waals surface area contributed by atoms with Gasteiger partial charge >= 0.3 is 0 Å². The molecule has 0 fully saturated rings. The molecule has 5 nitrogen and oxygen atoms in total. The first-order valence-electron chi connectivity index (χ1n) is 10.3. The molecule has 0 aliphatic carbocycles. The number of nitrogens with one attached hydrogen (secondary N) is 2. The van der Waals surface area contributed by atoms with Crippen molar-refractivity contribution in [2.45, 2.75) is 26.8 Å². The molecule has 3 rings (SSSR count). The van der Waals surface area contributed by atoms with Crippen molar-refractivity contribution in [3.05, 3.63) is 89.5 Å². The molecule has 0 saturated carbocycles. The highest BCUT2D eigenvalue weighted by Crippen LogP contribution is 2.27. The molecule has 0 saturated heterocycles. The van der Waals surface area contributed by atoms with E-state index in [9.17, 15) is 14.9 Å². The summed E-state index contributed by atoms with van der Waals surface area (Å²) >= 11 is 0. The Bertz CT molecular complexity index is 1130. The van der Waals surface area contributed by atoms with Gasteiger partial charge in [0.05, 0.1) is 11.6 Å². The number of nitrogens with zero attached hydrogens (tertiary/aromatic N) is 1. The minimum atomic E-state index is -0.225. The van der Waals surface area contributed by atoms with E-state index in [1.165, 1.54) is 0 Å². The number of rotatable bonds is 7. The first-order chi connectivity index (χ1) is 15.0. The molecule has 0 aliphatic rings. The van der Waals surface area contributed by atoms with Crippen molar-refractivity contribution in [1.82, 2.24) is 5.32 Å². The highest BCUT2D eigenvalue weighted by atomic mass is 16.2. The van der Waals surface area contributed by atoms with E-state index in [4.69, 9.17) is 0 Å². The molecule has 1 unspecified atom stereocenters. The fourth-order valence-corrected chi connectivity index (χ4v) is 3.22. The molecule has 0 aliphatic heterocycles. The van der Waals surface area contributed by atoms with Gasteiger partial charge in [0.2, 0.25) is 5.91 Å². The van der Waals surface area contributed by atoms with Gasteiger partial charge in [-0.05, 0) is 41.8 Å². The molecule has 0 radical (unpaired) electrons. The minimum absolute atomic E-state index is 0.0197. The quantitative estimate of drug-likeness (QED) is 0.565. The Morgan fingerprint density at radius 2 is 1.68 bits per heavy atom. The van der Waals surface area contributed by atoms with Crippen LogP contribution in [-0.2, 0) is 11.3 Å². The number of nitriles is 1. The van der Waals surface area contributed by atoms with Gasteiger partial charge in [-0.15, -0.1) is 0 Å². The van der Waals surface area contributed by atoms with Crippen LogP contribution in [0.25, 0.3) is 11.1 Å². The van der Waals surface area contributed by atoms with Crippen LogP contribution in [0.5, 0.6) is 0 Å². The molecular formula is C26H25N3O2. The predicted molar refractivity (Wildman–Crippen MR) is 122 cm³/mol. The summed E-state index contributed by atoms with van der Waals surface area (Å²) in [6.45, 7) is 4.18. The number of amides is 2. The second-order valence-electron chi connectivity index (χ2n) is 7.38. The lowest BCUT2D eigenvalue weighted by Gasteiger charge is -2.13. The average Bonchev–Trinajstić information content (AvgIpc) is 2.82. The lowest BCUT2D eigenvalue weighted by molar-refractivity contribution is -0.119. The normalized spacial score (nSPS) is 11.3. The highest BCUT2D eigenvalue weighted by molar-refractivity contribution is 6.01. The zero-order valence-electron chi connectivity index (χ0n) is 17.7. The van der Waals surface area contributed by atoms with Crippen LogP contribution >= 0.6 is 0 Å². The zero-order valence-corrected chi connectivity index (χ0v) is 17.7. The van der Waals surface area contributed by atoms with Crippen molar-refractivity contribution in [2.24, 2.45) is 5.92 Å². The van der Waals surface area contributed by atoms with Crippen LogP contribution in [0.15, 0.2) is 72.8 Å². The van der Waals surface area contributed by atoms with Crippen LogP contribution in [0.2, 0.25) is 0 Å². The van der Waals surface area contributed by atoms with E-state index >= 15 is 0 Å². The number of carbonyl (C=O) groups is 2.